The normalized spacial score (nSPS) is 34.3. The lowest BCUT2D eigenvalue weighted by molar-refractivity contribution is 0.334. The molecule has 0 amide bonds. The summed E-state index contributed by atoms with van der Waals surface area (Å²) in [4.78, 5) is 0. The molecule has 41 valence electrons. The molecule has 1 radical (unpaired) electrons. The molecule has 0 bridgehead atoms. The molecule has 0 N–H and O–H groups in total. The summed E-state index contributed by atoms with van der Waals surface area (Å²) in [7, 11) is 0. The molecule has 7 heavy (non-hydrogen) atoms. The second-order valence-electron chi connectivity index (χ2n) is 1.86. The van der Waals surface area contributed by atoms with Crippen LogP contribution in [-0.4, -0.2) is 6.17 Å². The Labute approximate surface area is 41.5 Å². The Morgan fingerprint density at radius 2 is 2.29 bits per heavy atom. The molecular weight excluding hydrogens is 98.1 g/mol. The zero-order valence-electron chi connectivity index (χ0n) is 3.95. The molecule has 1 atom stereocenters. The third-order valence-electron chi connectivity index (χ3n) is 1.17. The van der Waals surface area contributed by atoms with Crippen molar-refractivity contribution >= 4 is 0 Å². The number of hydrogen-bond acceptors (Lipinski definition) is 0. The van der Waals surface area contributed by atoms with Gasteiger partial charge < -0.3 is 0 Å². The Kier molecular flexibility index (Phi) is 1.26. The molecule has 1 aliphatic rings. The molecule has 0 aromatic carbocycles. The van der Waals surface area contributed by atoms with Crippen LogP contribution in [0.15, 0.2) is 0 Å². The minimum absolute atomic E-state index is 0.0556. The van der Waals surface area contributed by atoms with Gasteiger partial charge in [0.1, 0.15) is 12.3 Å². The van der Waals surface area contributed by atoms with Gasteiger partial charge in [0, 0.05) is 6.42 Å². The van der Waals surface area contributed by atoms with E-state index in [1.807, 2.05) is 0 Å². The van der Waals surface area contributed by atoms with E-state index in [1.165, 1.54) is 0 Å². The van der Waals surface area contributed by atoms with Crippen LogP contribution >= 0.6 is 0 Å². The number of alkyl halides is 1. The Morgan fingerprint density at radius 3 is 2.43 bits per heavy atom. The highest BCUT2D eigenvalue weighted by Crippen LogP contribution is 2.29. The Bertz CT molecular complexity index is 55.1. The van der Waals surface area contributed by atoms with E-state index in [4.69, 9.17) is 0 Å². The second-order valence-corrected chi connectivity index (χ2v) is 1.86. The van der Waals surface area contributed by atoms with E-state index in [0.29, 0.717) is 12.8 Å². The van der Waals surface area contributed by atoms with E-state index < -0.39 is 6.17 Å². The lowest BCUT2D eigenvalue weighted by atomic mass is 10.3. The van der Waals surface area contributed by atoms with Crippen molar-refractivity contribution in [3.63, 3.8) is 0 Å². The van der Waals surface area contributed by atoms with Crippen LogP contribution in [-0.2, 0) is 0 Å². The molecule has 0 saturated heterocycles. The average molecular weight is 105 g/mol. The summed E-state index contributed by atoms with van der Waals surface area (Å²) in [6.07, 6.45) is -0.264. The smallest absolute Gasteiger partial charge is 0.147 e. The lowest BCUT2D eigenvalue weighted by Crippen LogP contribution is -1.87. The van der Waals surface area contributed by atoms with Crippen molar-refractivity contribution in [3.05, 3.63) is 6.17 Å². The zero-order chi connectivity index (χ0) is 5.28. The van der Waals surface area contributed by atoms with Gasteiger partial charge in [-0.3, -0.25) is 0 Å². The second kappa shape index (κ2) is 1.76. The Hall–Kier alpha value is -0.140. The van der Waals surface area contributed by atoms with Gasteiger partial charge in [-0.1, -0.05) is 0 Å². The summed E-state index contributed by atoms with van der Waals surface area (Å²) in [6.45, 7) is 0. The molecule has 2 heteroatoms. The number of rotatable bonds is 0. The van der Waals surface area contributed by atoms with Crippen LogP contribution < -0.4 is 0 Å². The van der Waals surface area contributed by atoms with Crippen LogP contribution in [0.2, 0.25) is 0 Å². The van der Waals surface area contributed by atoms with Crippen LogP contribution in [0.4, 0.5) is 8.78 Å². The highest BCUT2D eigenvalue weighted by molar-refractivity contribution is 4.88. The molecule has 0 aromatic heterocycles. The lowest BCUT2D eigenvalue weighted by Gasteiger charge is -1.88. The summed E-state index contributed by atoms with van der Waals surface area (Å²) >= 11 is 0. The van der Waals surface area contributed by atoms with E-state index in [2.05, 4.69) is 0 Å². The maximum Gasteiger partial charge on any atom is 0.147 e. The van der Waals surface area contributed by atoms with Crippen molar-refractivity contribution in [1.29, 1.82) is 0 Å². The molecule has 0 aromatic rings. The first-order chi connectivity index (χ1) is 3.29. The van der Waals surface area contributed by atoms with Crippen LogP contribution in [0, 0.1) is 6.17 Å². The van der Waals surface area contributed by atoms with Gasteiger partial charge in [0.2, 0.25) is 0 Å². The van der Waals surface area contributed by atoms with E-state index in [0.717, 1.165) is 0 Å². The van der Waals surface area contributed by atoms with E-state index in [-0.39, 0.29) is 12.6 Å². The third kappa shape index (κ3) is 1.11. The van der Waals surface area contributed by atoms with Gasteiger partial charge in [-0.15, -0.1) is 0 Å². The Morgan fingerprint density at radius 1 is 1.57 bits per heavy atom. The number of hydrogen-bond donors (Lipinski definition) is 0. The minimum atomic E-state index is -0.889. The van der Waals surface area contributed by atoms with Crippen LogP contribution in [0.3, 0.4) is 0 Å². The largest absolute Gasteiger partial charge is 0.247 e. The first kappa shape index (κ1) is 5.01. The van der Waals surface area contributed by atoms with Crippen LogP contribution in [0.5, 0.6) is 0 Å². The predicted molar refractivity (Wildman–Crippen MR) is 23.1 cm³/mol. The molecular formula is C5H7F2. The minimum Gasteiger partial charge on any atom is -0.247 e. The zero-order valence-corrected chi connectivity index (χ0v) is 3.95. The quantitative estimate of drug-likeness (QED) is 0.442. The molecule has 0 spiro atoms. The van der Waals surface area contributed by atoms with Crippen molar-refractivity contribution in [3.8, 4) is 0 Å². The first-order valence-corrected chi connectivity index (χ1v) is 2.43. The molecule has 0 heterocycles. The van der Waals surface area contributed by atoms with Crippen LogP contribution in [0.25, 0.3) is 0 Å². The van der Waals surface area contributed by atoms with E-state index in [1.54, 1.807) is 0 Å². The van der Waals surface area contributed by atoms with Gasteiger partial charge in [0.25, 0.3) is 0 Å². The fourth-order valence-electron chi connectivity index (χ4n) is 0.758. The summed E-state index contributed by atoms with van der Waals surface area (Å²) in [6, 6.07) is 0. The topological polar surface area (TPSA) is 0 Å². The fraction of sp³-hybridized carbons (Fsp3) is 0.800. The SMILES string of the molecule is F[C]1CCC(F)C1. The van der Waals surface area contributed by atoms with Gasteiger partial charge in [0.15, 0.2) is 0 Å². The van der Waals surface area contributed by atoms with Gasteiger partial charge >= 0.3 is 0 Å². The van der Waals surface area contributed by atoms with E-state index >= 15 is 0 Å². The molecule has 1 saturated carbocycles. The molecule has 1 unspecified atom stereocenters. The maximum absolute atomic E-state index is 11.9. The fourth-order valence-corrected chi connectivity index (χ4v) is 0.758. The highest BCUT2D eigenvalue weighted by Gasteiger charge is 2.24. The van der Waals surface area contributed by atoms with Crippen molar-refractivity contribution in [2.24, 2.45) is 0 Å². The van der Waals surface area contributed by atoms with Crippen molar-refractivity contribution in [2.75, 3.05) is 0 Å². The van der Waals surface area contributed by atoms with Crippen molar-refractivity contribution in [1.82, 2.24) is 0 Å². The van der Waals surface area contributed by atoms with Gasteiger partial charge in [-0.05, 0) is 12.8 Å². The van der Waals surface area contributed by atoms with Crippen molar-refractivity contribution in [2.45, 2.75) is 25.4 Å². The molecule has 0 nitrogen and oxygen atoms in total. The standard InChI is InChI=1S/C5H7F2/c6-4-1-2-5(7)3-4/h4H,1-3H2. The van der Waals surface area contributed by atoms with Crippen LogP contribution in [0.1, 0.15) is 19.3 Å². The van der Waals surface area contributed by atoms with Crippen molar-refractivity contribution < 1.29 is 8.78 Å². The highest BCUT2D eigenvalue weighted by atomic mass is 19.1. The summed E-state index contributed by atoms with van der Waals surface area (Å²) in [5.41, 5.74) is 0. The Balaban J connectivity index is 2.26. The molecule has 1 aliphatic carbocycles. The maximum atomic E-state index is 11.9. The monoisotopic (exact) mass is 105 g/mol. The third-order valence-corrected chi connectivity index (χ3v) is 1.17. The average Bonchev–Trinajstić information content (AvgIpc) is 1.87. The van der Waals surface area contributed by atoms with Gasteiger partial charge in [-0.2, -0.15) is 0 Å². The number of halogens is 2. The predicted octanol–water partition coefficient (Wildman–Crippen LogP) is 2.01. The summed E-state index contributed by atoms with van der Waals surface area (Å²) in [5.74, 6) is 0. The summed E-state index contributed by atoms with van der Waals surface area (Å²) < 4.78 is 23.8. The van der Waals surface area contributed by atoms with Gasteiger partial charge in [-0.25, -0.2) is 8.78 Å². The molecule has 1 rings (SSSR count). The molecule has 0 aliphatic heterocycles. The van der Waals surface area contributed by atoms with Gasteiger partial charge in [0.05, 0.1) is 0 Å². The molecule has 1 fully saturated rings. The summed E-state index contributed by atoms with van der Waals surface area (Å²) in [5, 5.41) is 0. The van der Waals surface area contributed by atoms with E-state index in [9.17, 15) is 8.78 Å². The first-order valence-electron chi connectivity index (χ1n) is 2.43.